The quantitative estimate of drug-likeness (QED) is 0.854. The molecule has 1 aromatic rings. The van der Waals surface area contributed by atoms with Crippen LogP contribution in [0, 0.1) is 11.7 Å². The summed E-state index contributed by atoms with van der Waals surface area (Å²) in [6.07, 6.45) is 3.73. The van der Waals surface area contributed by atoms with Crippen LogP contribution < -0.4 is 4.74 Å². The SMILES string of the molecule is COc1ccc(CC(C)(O)CC2CC2)cc1F. The zero-order valence-electron chi connectivity index (χ0n) is 10.4. The molecule has 1 unspecified atom stereocenters. The van der Waals surface area contributed by atoms with Crippen molar-refractivity contribution in [2.24, 2.45) is 5.92 Å². The Morgan fingerprint density at radius 3 is 2.71 bits per heavy atom. The molecule has 0 aromatic heterocycles. The summed E-state index contributed by atoms with van der Waals surface area (Å²) in [4.78, 5) is 0. The number of benzene rings is 1. The van der Waals surface area contributed by atoms with E-state index in [0.717, 1.165) is 12.0 Å². The third kappa shape index (κ3) is 3.43. The summed E-state index contributed by atoms with van der Waals surface area (Å²) in [5.74, 6) is 0.538. The molecule has 1 fully saturated rings. The molecule has 2 nitrogen and oxygen atoms in total. The van der Waals surface area contributed by atoms with Crippen LogP contribution in [0.15, 0.2) is 18.2 Å². The molecule has 0 aliphatic heterocycles. The molecule has 1 aliphatic carbocycles. The van der Waals surface area contributed by atoms with Gasteiger partial charge in [-0.1, -0.05) is 18.9 Å². The number of hydrogen-bond donors (Lipinski definition) is 1. The minimum absolute atomic E-state index is 0.246. The first kappa shape index (κ1) is 12.4. The Morgan fingerprint density at radius 1 is 1.47 bits per heavy atom. The van der Waals surface area contributed by atoms with Gasteiger partial charge in [0.05, 0.1) is 12.7 Å². The van der Waals surface area contributed by atoms with Crippen LogP contribution in [0.2, 0.25) is 0 Å². The summed E-state index contributed by atoms with van der Waals surface area (Å²) in [6, 6.07) is 4.86. The summed E-state index contributed by atoms with van der Waals surface area (Å²) in [5, 5.41) is 10.2. The maximum absolute atomic E-state index is 13.5. The van der Waals surface area contributed by atoms with Gasteiger partial charge in [-0.05, 0) is 37.0 Å². The molecule has 0 saturated heterocycles. The van der Waals surface area contributed by atoms with Crippen molar-refractivity contribution in [1.82, 2.24) is 0 Å². The van der Waals surface area contributed by atoms with Crippen molar-refractivity contribution < 1.29 is 14.2 Å². The topological polar surface area (TPSA) is 29.5 Å². The zero-order valence-corrected chi connectivity index (χ0v) is 10.4. The first-order chi connectivity index (χ1) is 8.00. The van der Waals surface area contributed by atoms with E-state index in [4.69, 9.17) is 4.74 Å². The Morgan fingerprint density at radius 2 is 2.18 bits per heavy atom. The van der Waals surface area contributed by atoms with Crippen molar-refractivity contribution >= 4 is 0 Å². The number of ether oxygens (including phenoxy) is 1. The molecular weight excluding hydrogens is 219 g/mol. The van der Waals surface area contributed by atoms with E-state index < -0.39 is 5.60 Å². The van der Waals surface area contributed by atoms with Crippen molar-refractivity contribution in [2.75, 3.05) is 7.11 Å². The Kier molecular flexibility index (Phi) is 3.38. The highest BCUT2D eigenvalue weighted by Gasteiger charge is 2.31. The second-order valence-electron chi connectivity index (χ2n) is 5.29. The van der Waals surface area contributed by atoms with Crippen LogP contribution in [-0.2, 0) is 6.42 Å². The van der Waals surface area contributed by atoms with Gasteiger partial charge in [0, 0.05) is 6.42 Å². The second kappa shape index (κ2) is 4.65. The molecule has 1 saturated carbocycles. The first-order valence-corrected chi connectivity index (χ1v) is 6.05. The first-order valence-electron chi connectivity index (χ1n) is 6.05. The molecule has 0 heterocycles. The molecule has 0 radical (unpaired) electrons. The average molecular weight is 238 g/mol. The van der Waals surface area contributed by atoms with E-state index in [2.05, 4.69) is 0 Å². The molecule has 1 atom stereocenters. The molecule has 1 aromatic carbocycles. The Hall–Kier alpha value is -1.09. The number of rotatable bonds is 5. The van der Waals surface area contributed by atoms with Crippen molar-refractivity contribution in [2.45, 2.75) is 38.2 Å². The van der Waals surface area contributed by atoms with Crippen LogP contribution >= 0.6 is 0 Å². The largest absolute Gasteiger partial charge is 0.494 e. The second-order valence-corrected chi connectivity index (χ2v) is 5.29. The third-order valence-electron chi connectivity index (χ3n) is 3.23. The number of aliphatic hydroxyl groups is 1. The van der Waals surface area contributed by atoms with Crippen LogP contribution in [-0.4, -0.2) is 17.8 Å². The van der Waals surface area contributed by atoms with Crippen LogP contribution in [0.4, 0.5) is 4.39 Å². The van der Waals surface area contributed by atoms with E-state index >= 15 is 0 Å². The van der Waals surface area contributed by atoms with Crippen LogP contribution in [0.5, 0.6) is 5.75 Å². The average Bonchev–Trinajstić information content (AvgIpc) is 3.00. The lowest BCUT2D eigenvalue weighted by Gasteiger charge is -2.23. The van der Waals surface area contributed by atoms with E-state index in [1.165, 1.54) is 26.0 Å². The summed E-state index contributed by atoms with van der Waals surface area (Å²) in [5.41, 5.74) is 0.0799. The highest BCUT2D eigenvalue weighted by Crippen LogP contribution is 2.37. The van der Waals surface area contributed by atoms with Crippen molar-refractivity contribution in [1.29, 1.82) is 0 Å². The smallest absolute Gasteiger partial charge is 0.165 e. The molecule has 0 spiro atoms. The fraction of sp³-hybridized carbons (Fsp3) is 0.571. The lowest BCUT2D eigenvalue weighted by Crippen LogP contribution is -2.27. The lowest BCUT2D eigenvalue weighted by atomic mass is 9.91. The van der Waals surface area contributed by atoms with Gasteiger partial charge in [-0.25, -0.2) is 4.39 Å². The predicted octanol–water partition coefficient (Wildman–Crippen LogP) is 2.93. The fourth-order valence-corrected chi connectivity index (χ4v) is 2.28. The maximum atomic E-state index is 13.5. The summed E-state index contributed by atoms with van der Waals surface area (Å²) in [6.45, 7) is 1.83. The van der Waals surface area contributed by atoms with E-state index in [1.54, 1.807) is 6.07 Å². The highest BCUT2D eigenvalue weighted by atomic mass is 19.1. The molecule has 3 heteroatoms. The molecule has 1 aliphatic rings. The minimum Gasteiger partial charge on any atom is -0.494 e. The monoisotopic (exact) mass is 238 g/mol. The normalized spacial score (nSPS) is 18.8. The maximum Gasteiger partial charge on any atom is 0.165 e. The van der Waals surface area contributed by atoms with Gasteiger partial charge in [0.25, 0.3) is 0 Å². The van der Waals surface area contributed by atoms with E-state index in [-0.39, 0.29) is 11.6 Å². The number of methoxy groups -OCH3 is 1. The van der Waals surface area contributed by atoms with Crippen LogP contribution in [0.1, 0.15) is 31.7 Å². The fourth-order valence-electron chi connectivity index (χ4n) is 2.28. The van der Waals surface area contributed by atoms with Crippen LogP contribution in [0.25, 0.3) is 0 Å². The predicted molar refractivity (Wildman–Crippen MR) is 64.6 cm³/mol. The van der Waals surface area contributed by atoms with E-state index in [0.29, 0.717) is 12.3 Å². The van der Waals surface area contributed by atoms with Gasteiger partial charge >= 0.3 is 0 Å². The van der Waals surface area contributed by atoms with Gasteiger partial charge in [0.15, 0.2) is 11.6 Å². The summed E-state index contributed by atoms with van der Waals surface area (Å²) in [7, 11) is 1.45. The van der Waals surface area contributed by atoms with Crippen molar-refractivity contribution in [3.63, 3.8) is 0 Å². The minimum atomic E-state index is -0.734. The molecule has 94 valence electrons. The van der Waals surface area contributed by atoms with Crippen molar-refractivity contribution in [3.05, 3.63) is 29.6 Å². The van der Waals surface area contributed by atoms with Gasteiger partial charge in [0.2, 0.25) is 0 Å². The summed E-state index contributed by atoms with van der Waals surface area (Å²) < 4.78 is 18.4. The molecule has 2 rings (SSSR count). The number of halogens is 1. The Bertz CT molecular complexity index is 397. The number of hydrogen-bond acceptors (Lipinski definition) is 2. The Balaban J connectivity index is 2.04. The highest BCUT2D eigenvalue weighted by molar-refractivity contribution is 5.30. The van der Waals surface area contributed by atoms with Gasteiger partial charge in [-0.15, -0.1) is 0 Å². The molecule has 17 heavy (non-hydrogen) atoms. The standard InChI is InChI=1S/C14H19FO2/c1-14(16,8-10-3-4-10)9-11-5-6-13(17-2)12(15)7-11/h5-7,10,16H,3-4,8-9H2,1-2H3. The zero-order chi connectivity index (χ0) is 12.5. The molecule has 1 N–H and O–H groups in total. The Labute approximate surface area is 101 Å². The molecular formula is C14H19FO2. The van der Waals surface area contributed by atoms with Gasteiger partial charge in [0.1, 0.15) is 0 Å². The molecule has 0 bridgehead atoms. The molecule has 0 amide bonds. The van der Waals surface area contributed by atoms with Crippen LogP contribution in [0.3, 0.4) is 0 Å². The van der Waals surface area contributed by atoms with Crippen molar-refractivity contribution in [3.8, 4) is 5.75 Å². The van der Waals surface area contributed by atoms with Gasteiger partial charge in [-0.3, -0.25) is 0 Å². The van der Waals surface area contributed by atoms with E-state index in [9.17, 15) is 9.50 Å². The third-order valence-corrected chi connectivity index (χ3v) is 3.23. The van der Waals surface area contributed by atoms with Gasteiger partial charge < -0.3 is 9.84 Å². The van der Waals surface area contributed by atoms with Gasteiger partial charge in [-0.2, -0.15) is 0 Å². The lowest BCUT2D eigenvalue weighted by molar-refractivity contribution is 0.0454. The van der Waals surface area contributed by atoms with E-state index in [1.807, 2.05) is 13.0 Å². The summed E-state index contributed by atoms with van der Waals surface area (Å²) >= 11 is 0.